The molecule has 0 unspecified atom stereocenters. The molecule has 1 aromatic heterocycles. The fourth-order valence-corrected chi connectivity index (χ4v) is 2.63. The summed E-state index contributed by atoms with van der Waals surface area (Å²) in [6.07, 6.45) is 1.65. The third-order valence-electron chi connectivity index (χ3n) is 4.08. The number of aromatic nitrogens is 2. The van der Waals surface area contributed by atoms with E-state index in [1.54, 1.807) is 24.4 Å². The van der Waals surface area contributed by atoms with Gasteiger partial charge in [0.25, 0.3) is 11.6 Å². The number of hydrogen-bond donors (Lipinski definition) is 1. The van der Waals surface area contributed by atoms with Crippen molar-refractivity contribution in [1.29, 1.82) is 0 Å². The van der Waals surface area contributed by atoms with E-state index in [4.69, 9.17) is 0 Å². The van der Waals surface area contributed by atoms with Crippen LogP contribution in [0.3, 0.4) is 0 Å². The van der Waals surface area contributed by atoms with E-state index >= 15 is 0 Å². The molecule has 0 aliphatic carbocycles. The van der Waals surface area contributed by atoms with Gasteiger partial charge in [-0.05, 0) is 43.2 Å². The first-order chi connectivity index (χ1) is 12.4. The number of carbonyl (C=O) groups excluding carboxylic acids is 1. The Bertz CT molecular complexity index is 961. The van der Waals surface area contributed by atoms with Gasteiger partial charge in [0.05, 0.1) is 10.6 Å². The van der Waals surface area contributed by atoms with Crippen molar-refractivity contribution in [1.82, 2.24) is 15.1 Å². The van der Waals surface area contributed by atoms with Crippen molar-refractivity contribution < 1.29 is 9.72 Å². The number of nitrogens with one attached hydrogen (secondary N) is 1. The van der Waals surface area contributed by atoms with Crippen LogP contribution in [-0.4, -0.2) is 20.6 Å². The zero-order valence-corrected chi connectivity index (χ0v) is 14.5. The van der Waals surface area contributed by atoms with Gasteiger partial charge in [-0.25, -0.2) is 4.68 Å². The molecule has 0 fully saturated rings. The largest absolute Gasteiger partial charge is 0.347 e. The average molecular weight is 350 g/mol. The minimum Gasteiger partial charge on any atom is -0.347 e. The van der Waals surface area contributed by atoms with Crippen LogP contribution in [0.25, 0.3) is 5.69 Å². The van der Waals surface area contributed by atoms with Crippen LogP contribution in [0.2, 0.25) is 0 Å². The molecule has 0 saturated carbocycles. The standard InChI is InChI=1S/C19H18N4O3/c1-13-3-4-15(14(2)11-13)12-20-19(24)18-9-10-22(21-18)16-5-7-17(8-6-16)23(25)26/h3-11H,12H2,1-2H3,(H,20,24). The van der Waals surface area contributed by atoms with Gasteiger partial charge in [-0.15, -0.1) is 0 Å². The van der Waals surface area contributed by atoms with E-state index in [1.807, 2.05) is 26.0 Å². The van der Waals surface area contributed by atoms with Crippen LogP contribution in [0.1, 0.15) is 27.2 Å². The highest BCUT2D eigenvalue weighted by atomic mass is 16.6. The summed E-state index contributed by atoms with van der Waals surface area (Å²) in [6, 6.07) is 13.7. The fourth-order valence-electron chi connectivity index (χ4n) is 2.63. The molecular weight excluding hydrogens is 332 g/mol. The summed E-state index contributed by atoms with van der Waals surface area (Å²) < 4.78 is 1.51. The van der Waals surface area contributed by atoms with Crippen LogP contribution >= 0.6 is 0 Å². The molecule has 26 heavy (non-hydrogen) atoms. The van der Waals surface area contributed by atoms with E-state index in [2.05, 4.69) is 16.5 Å². The molecule has 132 valence electrons. The summed E-state index contributed by atoms with van der Waals surface area (Å²) >= 11 is 0. The number of nitro benzene ring substituents is 1. The predicted molar refractivity (Wildman–Crippen MR) is 97.3 cm³/mol. The maximum Gasteiger partial charge on any atom is 0.272 e. The number of benzene rings is 2. The molecule has 0 spiro atoms. The van der Waals surface area contributed by atoms with Crippen LogP contribution < -0.4 is 5.32 Å². The number of rotatable bonds is 5. The smallest absolute Gasteiger partial charge is 0.272 e. The second kappa shape index (κ2) is 7.18. The number of aryl methyl sites for hydroxylation is 2. The van der Waals surface area contributed by atoms with Gasteiger partial charge in [0, 0.05) is 24.9 Å². The lowest BCUT2D eigenvalue weighted by molar-refractivity contribution is -0.384. The Hall–Kier alpha value is -3.48. The van der Waals surface area contributed by atoms with Crippen molar-refractivity contribution in [3.8, 4) is 5.69 Å². The zero-order chi connectivity index (χ0) is 18.7. The minimum atomic E-state index is -0.460. The highest BCUT2D eigenvalue weighted by molar-refractivity contribution is 5.92. The molecular formula is C19H18N4O3. The van der Waals surface area contributed by atoms with Crippen molar-refractivity contribution in [3.05, 3.63) is 87.2 Å². The summed E-state index contributed by atoms with van der Waals surface area (Å²) in [5.74, 6) is -0.273. The summed E-state index contributed by atoms with van der Waals surface area (Å²) in [5, 5.41) is 17.8. The zero-order valence-electron chi connectivity index (χ0n) is 14.5. The number of nitrogens with zero attached hydrogens (tertiary/aromatic N) is 3. The molecule has 1 heterocycles. The van der Waals surface area contributed by atoms with Gasteiger partial charge in [0.1, 0.15) is 0 Å². The van der Waals surface area contributed by atoms with Crippen molar-refractivity contribution in [2.75, 3.05) is 0 Å². The molecule has 0 bridgehead atoms. The quantitative estimate of drug-likeness (QED) is 0.564. The van der Waals surface area contributed by atoms with Crippen molar-refractivity contribution >= 4 is 11.6 Å². The lowest BCUT2D eigenvalue weighted by Crippen LogP contribution is -2.23. The van der Waals surface area contributed by atoms with E-state index in [9.17, 15) is 14.9 Å². The fraction of sp³-hybridized carbons (Fsp3) is 0.158. The molecule has 3 aromatic rings. The van der Waals surface area contributed by atoms with Crippen molar-refractivity contribution in [2.45, 2.75) is 20.4 Å². The lowest BCUT2D eigenvalue weighted by atomic mass is 10.1. The van der Waals surface area contributed by atoms with Gasteiger partial charge in [-0.1, -0.05) is 23.8 Å². The van der Waals surface area contributed by atoms with E-state index < -0.39 is 4.92 Å². The van der Waals surface area contributed by atoms with Gasteiger partial charge in [-0.2, -0.15) is 5.10 Å². The molecule has 0 aliphatic rings. The summed E-state index contributed by atoms with van der Waals surface area (Å²) in [4.78, 5) is 22.6. The maximum absolute atomic E-state index is 12.3. The third-order valence-corrected chi connectivity index (χ3v) is 4.08. The molecule has 0 atom stereocenters. The van der Waals surface area contributed by atoms with Crippen molar-refractivity contribution in [2.24, 2.45) is 0 Å². The first-order valence-corrected chi connectivity index (χ1v) is 8.09. The Morgan fingerprint density at radius 2 is 1.88 bits per heavy atom. The topological polar surface area (TPSA) is 90.1 Å². The van der Waals surface area contributed by atoms with E-state index in [1.165, 1.54) is 22.4 Å². The van der Waals surface area contributed by atoms with Crippen LogP contribution in [0.5, 0.6) is 0 Å². The molecule has 7 nitrogen and oxygen atoms in total. The van der Waals surface area contributed by atoms with Crippen LogP contribution in [0.4, 0.5) is 5.69 Å². The van der Waals surface area contributed by atoms with Gasteiger partial charge < -0.3 is 5.32 Å². The van der Waals surface area contributed by atoms with Crippen LogP contribution in [0, 0.1) is 24.0 Å². The highest BCUT2D eigenvalue weighted by Gasteiger charge is 2.11. The first kappa shape index (κ1) is 17.3. The number of carbonyl (C=O) groups is 1. The van der Waals surface area contributed by atoms with Gasteiger partial charge in [0.15, 0.2) is 5.69 Å². The molecule has 3 rings (SSSR count). The summed E-state index contributed by atoms with van der Waals surface area (Å²) in [7, 11) is 0. The minimum absolute atomic E-state index is 0.00680. The highest BCUT2D eigenvalue weighted by Crippen LogP contribution is 2.15. The number of nitro groups is 1. The number of hydrogen-bond acceptors (Lipinski definition) is 4. The Morgan fingerprint density at radius 1 is 1.15 bits per heavy atom. The maximum atomic E-state index is 12.3. The molecule has 1 N–H and O–H groups in total. The van der Waals surface area contributed by atoms with Gasteiger partial charge in [-0.3, -0.25) is 14.9 Å². The molecule has 0 saturated heterocycles. The van der Waals surface area contributed by atoms with Crippen LogP contribution in [-0.2, 0) is 6.54 Å². The molecule has 0 radical (unpaired) electrons. The van der Waals surface area contributed by atoms with E-state index in [0.717, 1.165) is 11.1 Å². The van der Waals surface area contributed by atoms with Gasteiger partial charge in [0.2, 0.25) is 0 Å². The predicted octanol–water partition coefficient (Wildman–Crippen LogP) is 3.33. The SMILES string of the molecule is Cc1ccc(CNC(=O)c2ccn(-c3ccc([N+](=O)[O-])cc3)n2)c(C)c1. The molecule has 0 aliphatic heterocycles. The second-order valence-corrected chi connectivity index (χ2v) is 6.03. The molecule has 7 heteroatoms. The first-order valence-electron chi connectivity index (χ1n) is 8.09. The van der Waals surface area contributed by atoms with Crippen LogP contribution in [0.15, 0.2) is 54.7 Å². The van der Waals surface area contributed by atoms with Crippen molar-refractivity contribution in [3.63, 3.8) is 0 Å². The Labute approximate surface area is 150 Å². The average Bonchev–Trinajstić information content (AvgIpc) is 3.11. The number of amides is 1. The molecule has 1 amide bonds. The lowest BCUT2D eigenvalue weighted by Gasteiger charge is -2.08. The number of non-ortho nitro benzene ring substituents is 1. The third kappa shape index (κ3) is 3.77. The normalized spacial score (nSPS) is 10.5. The summed E-state index contributed by atoms with van der Waals surface area (Å²) in [6.45, 7) is 4.47. The Morgan fingerprint density at radius 3 is 2.54 bits per heavy atom. The summed E-state index contributed by atoms with van der Waals surface area (Å²) in [5.41, 5.74) is 4.30. The Kier molecular flexibility index (Phi) is 4.79. The second-order valence-electron chi connectivity index (χ2n) is 6.03. The Balaban J connectivity index is 1.68. The van der Waals surface area contributed by atoms with E-state index in [0.29, 0.717) is 12.2 Å². The molecule has 2 aromatic carbocycles. The van der Waals surface area contributed by atoms with Gasteiger partial charge >= 0.3 is 0 Å². The van der Waals surface area contributed by atoms with E-state index in [-0.39, 0.29) is 17.3 Å². The monoisotopic (exact) mass is 350 g/mol.